The Balaban J connectivity index is 2.47. The van der Waals surface area contributed by atoms with Gasteiger partial charge in [-0.1, -0.05) is 13.8 Å². The van der Waals surface area contributed by atoms with E-state index in [2.05, 4.69) is 5.32 Å². The van der Waals surface area contributed by atoms with Crippen LogP contribution in [0, 0.1) is 11.3 Å². The van der Waals surface area contributed by atoms with Gasteiger partial charge < -0.3 is 15.3 Å². The molecule has 1 aliphatic rings. The van der Waals surface area contributed by atoms with Gasteiger partial charge in [-0.3, -0.25) is 4.79 Å². The van der Waals surface area contributed by atoms with E-state index in [1.165, 1.54) is 0 Å². The van der Waals surface area contributed by atoms with Crippen molar-refractivity contribution < 1.29 is 14.7 Å². The maximum Gasteiger partial charge on any atom is 0.317 e. The zero-order valence-corrected chi connectivity index (χ0v) is 10.1. The van der Waals surface area contributed by atoms with Crippen molar-refractivity contribution in [3.8, 4) is 0 Å². The highest BCUT2D eigenvalue weighted by atomic mass is 16.4. The number of likely N-dealkylation sites (tertiary alicyclic amines) is 1. The molecule has 0 aromatic carbocycles. The quantitative estimate of drug-likeness (QED) is 0.761. The molecule has 92 valence electrons. The summed E-state index contributed by atoms with van der Waals surface area (Å²) in [6, 6.07) is -0.154. The van der Waals surface area contributed by atoms with Gasteiger partial charge in [0.2, 0.25) is 0 Å². The van der Waals surface area contributed by atoms with Crippen LogP contribution in [0.15, 0.2) is 0 Å². The minimum Gasteiger partial charge on any atom is -0.481 e. The Labute approximate surface area is 95.8 Å². The number of carbonyl (C=O) groups is 2. The summed E-state index contributed by atoms with van der Waals surface area (Å²) in [5.41, 5.74) is -0.783. The van der Waals surface area contributed by atoms with Crippen LogP contribution in [0.5, 0.6) is 0 Å². The Morgan fingerprint density at radius 2 is 2.12 bits per heavy atom. The molecule has 0 saturated carbocycles. The highest BCUT2D eigenvalue weighted by Crippen LogP contribution is 2.29. The zero-order valence-electron chi connectivity index (χ0n) is 10.1. The predicted octanol–water partition coefficient (Wildman–Crippen LogP) is 1.15. The Morgan fingerprint density at radius 3 is 2.56 bits per heavy atom. The number of amides is 2. The van der Waals surface area contributed by atoms with Crippen LogP contribution in [0.4, 0.5) is 4.79 Å². The summed E-state index contributed by atoms with van der Waals surface area (Å²) in [6.45, 7) is 7.17. The molecule has 1 rings (SSSR count). The lowest BCUT2D eigenvalue weighted by atomic mass is 9.90. The standard InChI is InChI=1S/C11H20N2O3/c1-8(2)6-12-10(16)13-5-4-11(3,7-13)9(14)15/h8H,4-7H2,1-3H3,(H,12,16)(H,14,15). The van der Waals surface area contributed by atoms with Gasteiger partial charge in [0.1, 0.15) is 0 Å². The third kappa shape index (κ3) is 2.87. The van der Waals surface area contributed by atoms with Crippen LogP contribution in [0.25, 0.3) is 0 Å². The number of nitrogens with one attached hydrogen (secondary N) is 1. The van der Waals surface area contributed by atoms with Crippen molar-refractivity contribution in [2.75, 3.05) is 19.6 Å². The van der Waals surface area contributed by atoms with E-state index in [1.54, 1.807) is 11.8 Å². The van der Waals surface area contributed by atoms with Crippen LogP contribution in [0.1, 0.15) is 27.2 Å². The predicted molar refractivity (Wildman–Crippen MR) is 60.2 cm³/mol. The number of rotatable bonds is 3. The monoisotopic (exact) mass is 228 g/mol. The number of carboxylic acids is 1. The van der Waals surface area contributed by atoms with Crippen molar-refractivity contribution in [1.82, 2.24) is 10.2 Å². The van der Waals surface area contributed by atoms with Crippen molar-refractivity contribution in [2.45, 2.75) is 27.2 Å². The number of aliphatic carboxylic acids is 1. The van der Waals surface area contributed by atoms with Crippen molar-refractivity contribution in [3.63, 3.8) is 0 Å². The van der Waals surface area contributed by atoms with Gasteiger partial charge in [-0.25, -0.2) is 4.79 Å². The summed E-state index contributed by atoms with van der Waals surface area (Å²) >= 11 is 0. The molecule has 0 aliphatic carbocycles. The molecule has 2 amide bonds. The summed E-state index contributed by atoms with van der Waals surface area (Å²) in [5.74, 6) is -0.427. The van der Waals surface area contributed by atoms with Crippen molar-refractivity contribution >= 4 is 12.0 Å². The Kier molecular flexibility index (Phi) is 3.78. The molecular formula is C11H20N2O3. The average molecular weight is 228 g/mol. The lowest BCUT2D eigenvalue weighted by Gasteiger charge is -2.21. The first-order valence-electron chi connectivity index (χ1n) is 5.61. The minimum absolute atomic E-state index is 0.154. The molecular weight excluding hydrogens is 208 g/mol. The fourth-order valence-electron chi connectivity index (χ4n) is 1.71. The number of carboxylic acid groups (broad SMARTS) is 1. The van der Waals surface area contributed by atoms with Gasteiger partial charge in [0.25, 0.3) is 0 Å². The SMILES string of the molecule is CC(C)CNC(=O)N1CCC(C)(C(=O)O)C1. The fraction of sp³-hybridized carbons (Fsp3) is 0.818. The van der Waals surface area contributed by atoms with Gasteiger partial charge >= 0.3 is 12.0 Å². The fourth-order valence-corrected chi connectivity index (χ4v) is 1.71. The molecule has 0 aromatic heterocycles. The zero-order chi connectivity index (χ0) is 12.3. The maximum atomic E-state index is 11.7. The lowest BCUT2D eigenvalue weighted by molar-refractivity contribution is -0.146. The average Bonchev–Trinajstić information content (AvgIpc) is 2.59. The van der Waals surface area contributed by atoms with E-state index >= 15 is 0 Å². The number of hydrogen-bond acceptors (Lipinski definition) is 2. The third-order valence-corrected chi connectivity index (χ3v) is 2.94. The second kappa shape index (κ2) is 4.72. The molecule has 2 N–H and O–H groups in total. The van der Waals surface area contributed by atoms with Crippen LogP contribution in [-0.2, 0) is 4.79 Å². The first-order valence-corrected chi connectivity index (χ1v) is 5.61. The molecule has 0 radical (unpaired) electrons. The second-order valence-electron chi connectivity index (χ2n) is 5.12. The highest BCUT2D eigenvalue weighted by molar-refractivity contribution is 5.79. The normalized spacial score (nSPS) is 24.9. The van der Waals surface area contributed by atoms with Gasteiger partial charge in [-0.2, -0.15) is 0 Å². The van der Waals surface area contributed by atoms with Crippen LogP contribution >= 0.6 is 0 Å². The smallest absolute Gasteiger partial charge is 0.317 e. The minimum atomic E-state index is -0.827. The molecule has 1 unspecified atom stereocenters. The van der Waals surface area contributed by atoms with E-state index in [-0.39, 0.29) is 6.03 Å². The van der Waals surface area contributed by atoms with Crippen molar-refractivity contribution in [1.29, 1.82) is 0 Å². The summed E-state index contributed by atoms with van der Waals surface area (Å²) in [4.78, 5) is 24.3. The van der Waals surface area contributed by atoms with E-state index in [9.17, 15) is 9.59 Å². The third-order valence-electron chi connectivity index (χ3n) is 2.94. The van der Waals surface area contributed by atoms with Crippen LogP contribution < -0.4 is 5.32 Å². The summed E-state index contributed by atoms with van der Waals surface area (Å²) in [6.07, 6.45) is 0.525. The molecule has 1 aliphatic heterocycles. The Hall–Kier alpha value is -1.26. The maximum absolute atomic E-state index is 11.7. The number of carbonyl (C=O) groups excluding carboxylic acids is 1. The van der Waals surface area contributed by atoms with E-state index in [1.807, 2.05) is 13.8 Å². The largest absolute Gasteiger partial charge is 0.481 e. The first-order chi connectivity index (χ1) is 7.35. The molecule has 5 nitrogen and oxygen atoms in total. The summed E-state index contributed by atoms with van der Waals surface area (Å²) in [7, 11) is 0. The number of nitrogens with zero attached hydrogens (tertiary/aromatic N) is 1. The molecule has 1 fully saturated rings. The molecule has 0 bridgehead atoms. The van der Waals surface area contributed by atoms with Gasteiger partial charge in [0.05, 0.1) is 5.41 Å². The second-order valence-corrected chi connectivity index (χ2v) is 5.12. The number of hydrogen-bond donors (Lipinski definition) is 2. The Bertz CT molecular complexity index is 291. The first kappa shape index (κ1) is 12.8. The summed E-state index contributed by atoms with van der Waals surface area (Å²) < 4.78 is 0. The van der Waals surface area contributed by atoms with Gasteiger partial charge in [-0.05, 0) is 19.3 Å². The van der Waals surface area contributed by atoms with Crippen LogP contribution in [0.2, 0.25) is 0 Å². The van der Waals surface area contributed by atoms with Gasteiger partial charge in [-0.15, -0.1) is 0 Å². The topological polar surface area (TPSA) is 69.6 Å². The van der Waals surface area contributed by atoms with Crippen LogP contribution in [0.3, 0.4) is 0 Å². The summed E-state index contributed by atoms with van der Waals surface area (Å²) in [5, 5.41) is 11.8. The van der Waals surface area contributed by atoms with Crippen molar-refractivity contribution in [3.05, 3.63) is 0 Å². The van der Waals surface area contributed by atoms with E-state index in [4.69, 9.17) is 5.11 Å². The highest BCUT2D eigenvalue weighted by Gasteiger charge is 2.42. The van der Waals surface area contributed by atoms with Gasteiger partial charge in [0, 0.05) is 19.6 Å². The van der Waals surface area contributed by atoms with Crippen molar-refractivity contribution in [2.24, 2.45) is 11.3 Å². The molecule has 1 heterocycles. The molecule has 0 aromatic rings. The molecule has 16 heavy (non-hydrogen) atoms. The molecule has 1 saturated heterocycles. The molecule has 0 spiro atoms. The Morgan fingerprint density at radius 1 is 1.50 bits per heavy atom. The lowest BCUT2D eigenvalue weighted by Crippen LogP contribution is -2.42. The van der Waals surface area contributed by atoms with Crippen LogP contribution in [-0.4, -0.2) is 41.6 Å². The molecule has 1 atom stereocenters. The number of urea groups is 1. The van der Waals surface area contributed by atoms with Gasteiger partial charge in [0.15, 0.2) is 0 Å². The van der Waals surface area contributed by atoms with E-state index in [0.29, 0.717) is 32.0 Å². The molecule has 5 heteroatoms. The van der Waals surface area contributed by atoms with E-state index < -0.39 is 11.4 Å². The van der Waals surface area contributed by atoms with E-state index in [0.717, 1.165) is 0 Å².